The van der Waals surface area contributed by atoms with Crippen LogP contribution >= 0.6 is 38.5 Å². The van der Waals surface area contributed by atoms with Crippen molar-refractivity contribution in [3.05, 3.63) is 90.2 Å². The van der Waals surface area contributed by atoms with E-state index in [9.17, 15) is 14.0 Å². The lowest BCUT2D eigenvalue weighted by molar-refractivity contribution is -0.118. The lowest BCUT2D eigenvalue weighted by Crippen LogP contribution is -2.21. The van der Waals surface area contributed by atoms with Gasteiger partial charge in [-0.15, -0.1) is 0 Å². The number of halogens is 3. The van der Waals surface area contributed by atoms with Crippen LogP contribution in [-0.4, -0.2) is 35.0 Å². The molecule has 0 aliphatic rings. The normalized spacial score (nSPS) is 11.2. The number of aryl methyl sites for hydroxylation is 1. The summed E-state index contributed by atoms with van der Waals surface area (Å²) in [6.45, 7) is 3.65. The molecule has 0 aliphatic carbocycles. The van der Waals surface area contributed by atoms with Crippen molar-refractivity contribution >= 4 is 67.2 Å². The maximum atomic E-state index is 13.1. The van der Waals surface area contributed by atoms with E-state index >= 15 is 0 Å². The standard InChI is InChI=1S/C26H21BrFIN4O4/c1-3-36-23-11-16(13-30-33-15(2)31-22-9-4-17(27)12-20(22)26(33)35)10-21(29)25(23)37-14-24(34)32-19-7-5-18(28)6-8-19/h4-13H,3,14H2,1-2H3,(H,32,34). The Balaban J connectivity index is 1.56. The highest BCUT2D eigenvalue weighted by molar-refractivity contribution is 14.1. The van der Waals surface area contributed by atoms with Gasteiger partial charge in [0.15, 0.2) is 18.1 Å². The summed E-state index contributed by atoms with van der Waals surface area (Å²) in [4.78, 5) is 29.8. The van der Waals surface area contributed by atoms with Gasteiger partial charge in [0.05, 0.1) is 27.3 Å². The van der Waals surface area contributed by atoms with Crippen LogP contribution in [0.15, 0.2) is 69.0 Å². The number of fused-ring (bicyclic) bond motifs is 1. The summed E-state index contributed by atoms with van der Waals surface area (Å²) in [5.74, 6) is 0.483. The average molecular weight is 679 g/mol. The van der Waals surface area contributed by atoms with E-state index in [1.165, 1.54) is 35.2 Å². The predicted octanol–water partition coefficient (Wildman–Crippen LogP) is 5.51. The average Bonchev–Trinajstić information content (AvgIpc) is 2.85. The van der Waals surface area contributed by atoms with E-state index in [2.05, 4.69) is 53.9 Å². The van der Waals surface area contributed by atoms with Gasteiger partial charge in [0, 0.05) is 10.2 Å². The molecule has 8 nitrogen and oxygen atoms in total. The number of benzene rings is 3. The monoisotopic (exact) mass is 678 g/mol. The van der Waals surface area contributed by atoms with Crippen LogP contribution in [0.1, 0.15) is 18.3 Å². The second-order valence-corrected chi connectivity index (χ2v) is 9.87. The van der Waals surface area contributed by atoms with Crippen LogP contribution in [0.5, 0.6) is 11.5 Å². The Morgan fingerprint density at radius 1 is 1.19 bits per heavy atom. The van der Waals surface area contributed by atoms with Crippen molar-refractivity contribution in [2.45, 2.75) is 13.8 Å². The van der Waals surface area contributed by atoms with Crippen LogP contribution in [0, 0.1) is 16.3 Å². The number of amides is 1. The summed E-state index contributed by atoms with van der Waals surface area (Å²) in [6, 6.07) is 14.3. The Kier molecular flexibility index (Phi) is 8.54. The van der Waals surface area contributed by atoms with Crippen LogP contribution in [0.3, 0.4) is 0 Å². The van der Waals surface area contributed by atoms with Crippen LogP contribution in [0.25, 0.3) is 10.9 Å². The summed E-state index contributed by atoms with van der Waals surface area (Å²) in [6.07, 6.45) is 1.54. The molecule has 4 aromatic rings. The molecule has 37 heavy (non-hydrogen) atoms. The van der Waals surface area contributed by atoms with Gasteiger partial charge in [-0.3, -0.25) is 9.59 Å². The fraction of sp³-hybridized carbons (Fsp3) is 0.154. The number of nitrogens with one attached hydrogen (secondary N) is 1. The first-order chi connectivity index (χ1) is 17.7. The summed E-state index contributed by atoms with van der Waals surface area (Å²) in [7, 11) is 0. The van der Waals surface area contributed by atoms with Gasteiger partial charge in [-0.05, 0) is 96.6 Å². The Morgan fingerprint density at radius 2 is 1.95 bits per heavy atom. The molecule has 0 bridgehead atoms. The van der Waals surface area contributed by atoms with Gasteiger partial charge < -0.3 is 14.8 Å². The molecule has 0 spiro atoms. The zero-order valence-corrected chi connectivity index (χ0v) is 23.5. The lowest BCUT2D eigenvalue weighted by atomic mass is 10.2. The fourth-order valence-electron chi connectivity index (χ4n) is 3.45. The number of nitrogens with zero attached hydrogens (tertiary/aromatic N) is 3. The SMILES string of the molecule is CCOc1cc(C=Nn2c(C)nc3ccc(Br)cc3c2=O)cc(I)c1OCC(=O)Nc1ccc(F)cc1. The maximum Gasteiger partial charge on any atom is 0.282 e. The molecule has 11 heteroatoms. The molecule has 4 rings (SSSR count). The molecule has 0 fully saturated rings. The minimum absolute atomic E-state index is 0.270. The van der Waals surface area contributed by atoms with Crippen molar-refractivity contribution in [2.75, 3.05) is 18.5 Å². The zero-order chi connectivity index (χ0) is 26.5. The van der Waals surface area contributed by atoms with Crippen molar-refractivity contribution in [1.29, 1.82) is 0 Å². The van der Waals surface area contributed by atoms with Crippen LogP contribution < -0.4 is 20.3 Å². The first-order valence-corrected chi connectivity index (χ1v) is 13.0. The molecule has 1 amide bonds. The van der Waals surface area contributed by atoms with Crippen LogP contribution in [-0.2, 0) is 4.79 Å². The molecule has 190 valence electrons. The highest BCUT2D eigenvalue weighted by atomic mass is 127. The van der Waals surface area contributed by atoms with Gasteiger partial charge in [-0.25, -0.2) is 9.37 Å². The smallest absolute Gasteiger partial charge is 0.282 e. The number of ether oxygens (including phenoxy) is 2. The van der Waals surface area contributed by atoms with Crippen molar-refractivity contribution < 1.29 is 18.7 Å². The molecule has 0 radical (unpaired) electrons. The quantitative estimate of drug-likeness (QED) is 0.196. The maximum absolute atomic E-state index is 13.1. The minimum Gasteiger partial charge on any atom is -0.490 e. The number of carbonyl (C=O) groups is 1. The molecule has 1 heterocycles. The zero-order valence-electron chi connectivity index (χ0n) is 19.8. The second-order valence-electron chi connectivity index (χ2n) is 7.79. The number of carbonyl (C=O) groups excluding carboxylic acids is 1. The number of hydrogen-bond acceptors (Lipinski definition) is 6. The van der Waals surface area contributed by atoms with Crippen LogP contribution in [0.2, 0.25) is 0 Å². The molecule has 0 saturated carbocycles. The molecule has 3 aromatic carbocycles. The van der Waals surface area contributed by atoms with E-state index in [0.29, 0.717) is 49.7 Å². The van der Waals surface area contributed by atoms with Crippen LogP contribution in [0.4, 0.5) is 10.1 Å². The number of anilines is 1. The highest BCUT2D eigenvalue weighted by Gasteiger charge is 2.15. The Labute approximate surface area is 233 Å². The predicted molar refractivity (Wildman–Crippen MR) is 152 cm³/mol. The number of rotatable bonds is 8. The Morgan fingerprint density at radius 3 is 2.68 bits per heavy atom. The van der Waals surface area contributed by atoms with Crippen molar-refractivity contribution in [1.82, 2.24) is 9.66 Å². The largest absolute Gasteiger partial charge is 0.490 e. The first-order valence-electron chi connectivity index (χ1n) is 11.1. The molecule has 0 atom stereocenters. The van der Waals surface area contributed by atoms with Gasteiger partial charge in [0.2, 0.25) is 0 Å². The molecule has 1 N–H and O–H groups in total. The van der Waals surface area contributed by atoms with E-state index in [1.807, 2.05) is 13.0 Å². The number of hydrogen-bond donors (Lipinski definition) is 1. The van der Waals surface area contributed by atoms with E-state index in [-0.39, 0.29) is 12.2 Å². The summed E-state index contributed by atoms with van der Waals surface area (Å²) < 4.78 is 27.3. The Bertz CT molecular complexity index is 1560. The number of aromatic nitrogens is 2. The minimum atomic E-state index is -0.402. The lowest BCUT2D eigenvalue weighted by Gasteiger charge is -2.14. The van der Waals surface area contributed by atoms with E-state index in [1.54, 1.807) is 31.2 Å². The third-order valence-corrected chi connectivity index (χ3v) is 6.39. The van der Waals surface area contributed by atoms with Crippen molar-refractivity contribution in [3.8, 4) is 11.5 Å². The van der Waals surface area contributed by atoms with Crippen molar-refractivity contribution in [3.63, 3.8) is 0 Å². The molecule has 1 aromatic heterocycles. The third kappa shape index (κ3) is 6.52. The summed E-state index contributed by atoms with van der Waals surface area (Å²) >= 11 is 5.47. The van der Waals surface area contributed by atoms with Gasteiger partial charge in [-0.2, -0.15) is 9.78 Å². The Hall–Kier alpha value is -3.32. The van der Waals surface area contributed by atoms with Gasteiger partial charge in [0.25, 0.3) is 11.5 Å². The first kappa shape index (κ1) is 26.7. The van der Waals surface area contributed by atoms with Gasteiger partial charge in [0.1, 0.15) is 11.6 Å². The molecule has 0 unspecified atom stereocenters. The second kappa shape index (κ2) is 11.8. The summed E-state index contributed by atoms with van der Waals surface area (Å²) in [5.41, 5.74) is 1.43. The van der Waals surface area contributed by atoms with Gasteiger partial charge >= 0.3 is 0 Å². The highest BCUT2D eigenvalue weighted by Crippen LogP contribution is 2.34. The fourth-order valence-corrected chi connectivity index (χ4v) is 4.60. The topological polar surface area (TPSA) is 94.8 Å². The molecule has 0 saturated heterocycles. The molecular weight excluding hydrogens is 658 g/mol. The summed E-state index contributed by atoms with van der Waals surface area (Å²) in [5, 5.41) is 7.46. The van der Waals surface area contributed by atoms with E-state index in [4.69, 9.17) is 9.47 Å². The van der Waals surface area contributed by atoms with E-state index < -0.39 is 11.7 Å². The van der Waals surface area contributed by atoms with Gasteiger partial charge in [-0.1, -0.05) is 15.9 Å². The van der Waals surface area contributed by atoms with Crippen molar-refractivity contribution in [2.24, 2.45) is 5.10 Å². The van der Waals surface area contributed by atoms with E-state index in [0.717, 1.165) is 4.47 Å². The molecule has 0 aliphatic heterocycles. The third-order valence-electron chi connectivity index (χ3n) is 5.10. The molecular formula is C26H21BrFIN4O4.